The van der Waals surface area contributed by atoms with Crippen LogP contribution in [-0.4, -0.2) is 29.2 Å². The molecule has 24 heavy (non-hydrogen) atoms. The second kappa shape index (κ2) is 8.68. The zero-order valence-corrected chi connectivity index (χ0v) is 15.2. The quantitative estimate of drug-likeness (QED) is 0.616. The minimum atomic E-state index is -0.657. The summed E-state index contributed by atoms with van der Waals surface area (Å²) in [5, 5.41) is 17.9. The third-order valence-corrected chi connectivity index (χ3v) is 3.84. The van der Waals surface area contributed by atoms with Crippen LogP contribution in [-0.2, 0) is 4.79 Å². The molecule has 0 saturated heterocycles. The van der Waals surface area contributed by atoms with Crippen LogP contribution in [0.2, 0.25) is 0 Å². The Hall–Kier alpha value is -2.08. The fourth-order valence-corrected chi connectivity index (χ4v) is 2.28. The van der Waals surface area contributed by atoms with Crippen LogP contribution in [0.25, 0.3) is 0 Å². The van der Waals surface area contributed by atoms with Gasteiger partial charge in [0.2, 0.25) is 5.91 Å². The van der Waals surface area contributed by atoms with Crippen LogP contribution in [0.4, 0.5) is 16.2 Å². The molecule has 0 aliphatic heterocycles. The summed E-state index contributed by atoms with van der Waals surface area (Å²) in [4.78, 5) is 24.0. The normalized spacial score (nSPS) is 13.3. The minimum Gasteiger partial charge on any atom is -0.394 e. The largest absolute Gasteiger partial charge is 0.394 e. The Balaban J connectivity index is 2.83. The molecule has 0 radical (unpaired) electrons. The van der Waals surface area contributed by atoms with Crippen LogP contribution in [0.3, 0.4) is 0 Å². The minimum absolute atomic E-state index is 0.0787. The number of aryl methyl sites for hydroxylation is 1. The molecule has 1 aromatic carbocycles. The van der Waals surface area contributed by atoms with Gasteiger partial charge in [-0.25, -0.2) is 4.79 Å². The maximum atomic E-state index is 12.2. The molecule has 0 unspecified atom stereocenters. The summed E-state index contributed by atoms with van der Waals surface area (Å²) in [5.41, 5.74) is 1.48. The highest BCUT2D eigenvalue weighted by molar-refractivity contribution is 5.95. The van der Waals surface area contributed by atoms with E-state index in [1.165, 1.54) is 0 Å². The molecule has 0 fully saturated rings. The van der Waals surface area contributed by atoms with E-state index in [2.05, 4.69) is 16.0 Å². The van der Waals surface area contributed by atoms with Crippen LogP contribution in [0, 0.1) is 12.8 Å². The second-order valence-corrected chi connectivity index (χ2v) is 6.72. The molecule has 0 aliphatic rings. The topological polar surface area (TPSA) is 90.5 Å². The monoisotopic (exact) mass is 335 g/mol. The zero-order chi connectivity index (χ0) is 18.3. The van der Waals surface area contributed by atoms with E-state index in [-0.39, 0.29) is 24.5 Å². The molecule has 0 aromatic heterocycles. The molecule has 6 nitrogen and oxygen atoms in total. The van der Waals surface area contributed by atoms with E-state index >= 15 is 0 Å². The van der Waals surface area contributed by atoms with Gasteiger partial charge in [-0.3, -0.25) is 4.79 Å². The third kappa shape index (κ3) is 5.85. The number of nitrogens with one attached hydrogen (secondary N) is 3. The smallest absolute Gasteiger partial charge is 0.319 e. The first-order valence-corrected chi connectivity index (χ1v) is 8.32. The van der Waals surface area contributed by atoms with Crippen molar-refractivity contribution in [3.8, 4) is 0 Å². The predicted molar refractivity (Wildman–Crippen MR) is 97.2 cm³/mol. The van der Waals surface area contributed by atoms with Crippen LogP contribution in [0.5, 0.6) is 0 Å². The maximum absolute atomic E-state index is 12.2. The SMILES string of the molecule is CCC[C@@](C)(CO)NC(=O)Nc1cc(NC(=O)C(C)C)ccc1C. The lowest BCUT2D eigenvalue weighted by Gasteiger charge is -2.28. The molecule has 134 valence electrons. The first-order chi connectivity index (χ1) is 11.2. The molecule has 0 spiro atoms. The standard InChI is InChI=1S/C18H29N3O3/c1-6-9-18(5,11-22)21-17(24)20-15-10-14(8-7-13(15)4)19-16(23)12(2)3/h7-8,10,12,22H,6,9,11H2,1-5H3,(H,19,23)(H2,20,21,24)/t18-/m0/s1. The number of urea groups is 1. The predicted octanol–water partition coefficient (Wildman–Crippen LogP) is 3.26. The van der Waals surface area contributed by atoms with E-state index in [9.17, 15) is 14.7 Å². The molecule has 1 atom stereocenters. The van der Waals surface area contributed by atoms with Crippen molar-refractivity contribution in [2.24, 2.45) is 5.92 Å². The van der Waals surface area contributed by atoms with Gasteiger partial charge in [0, 0.05) is 17.3 Å². The molecule has 4 N–H and O–H groups in total. The molecule has 6 heteroatoms. The number of amides is 3. The molecule has 3 amide bonds. The number of carbonyl (C=O) groups is 2. The third-order valence-electron chi connectivity index (χ3n) is 3.84. The lowest BCUT2D eigenvalue weighted by atomic mass is 9.98. The fraction of sp³-hybridized carbons (Fsp3) is 0.556. The lowest BCUT2D eigenvalue weighted by molar-refractivity contribution is -0.118. The zero-order valence-electron chi connectivity index (χ0n) is 15.2. The Kier molecular flexibility index (Phi) is 7.22. The highest BCUT2D eigenvalue weighted by atomic mass is 16.3. The van der Waals surface area contributed by atoms with Gasteiger partial charge in [-0.15, -0.1) is 0 Å². The van der Waals surface area contributed by atoms with Crippen molar-refractivity contribution < 1.29 is 14.7 Å². The second-order valence-electron chi connectivity index (χ2n) is 6.72. The van der Waals surface area contributed by atoms with Gasteiger partial charge in [0.25, 0.3) is 0 Å². The number of aliphatic hydroxyl groups is 1. The van der Waals surface area contributed by atoms with Crippen molar-refractivity contribution in [2.75, 3.05) is 17.2 Å². The van der Waals surface area contributed by atoms with Crippen LogP contribution >= 0.6 is 0 Å². The highest BCUT2D eigenvalue weighted by Gasteiger charge is 2.24. The van der Waals surface area contributed by atoms with Gasteiger partial charge in [0.05, 0.1) is 12.1 Å². The van der Waals surface area contributed by atoms with Crippen LogP contribution < -0.4 is 16.0 Å². The van der Waals surface area contributed by atoms with Gasteiger partial charge in [0.15, 0.2) is 0 Å². The summed E-state index contributed by atoms with van der Waals surface area (Å²) in [5.74, 6) is -0.199. The van der Waals surface area contributed by atoms with Crippen LogP contribution in [0.15, 0.2) is 18.2 Å². The van der Waals surface area contributed by atoms with Gasteiger partial charge >= 0.3 is 6.03 Å². The van der Waals surface area contributed by atoms with E-state index in [1.54, 1.807) is 12.1 Å². The molecular weight excluding hydrogens is 306 g/mol. The number of aliphatic hydroxyl groups excluding tert-OH is 1. The summed E-state index contributed by atoms with van der Waals surface area (Å²) >= 11 is 0. The van der Waals surface area contributed by atoms with Crippen LogP contribution in [0.1, 0.15) is 46.1 Å². The number of hydrogen-bond donors (Lipinski definition) is 4. The fourth-order valence-electron chi connectivity index (χ4n) is 2.28. The van der Waals surface area contributed by atoms with Crippen molar-refractivity contribution in [1.82, 2.24) is 5.32 Å². The Morgan fingerprint density at radius 3 is 2.46 bits per heavy atom. The first kappa shape index (κ1) is 20.0. The van der Waals surface area contributed by atoms with E-state index in [4.69, 9.17) is 0 Å². The summed E-state index contributed by atoms with van der Waals surface area (Å²) in [7, 11) is 0. The van der Waals surface area contributed by atoms with Gasteiger partial charge in [-0.1, -0.05) is 33.3 Å². The van der Waals surface area contributed by atoms with Crippen molar-refractivity contribution in [3.05, 3.63) is 23.8 Å². The summed E-state index contributed by atoms with van der Waals surface area (Å²) < 4.78 is 0. The molecule has 1 aromatic rings. The van der Waals surface area contributed by atoms with E-state index in [0.29, 0.717) is 17.8 Å². The van der Waals surface area contributed by atoms with Crippen molar-refractivity contribution in [2.45, 2.75) is 53.0 Å². The summed E-state index contributed by atoms with van der Waals surface area (Å²) in [6, 6.07) is 4.98. The molecule has 0 bridgehead atoms. The Morgan fingerprint density at radius 1 is 1.25 bits per heavy atom. The van der Waals surface area contributed by atoms with E-state index in [0.717, 1.165) is 12.0 Å². The average Bonchev–Trinajstić information content (AvgIpc) is 2.50. The molecule has 1 rings (SSSR count). The maximum Gasteiger partial charge on any atom is 0.319 e. The Morgan fingerprint density at radius 2 is 1.92 bits per heavy atom. The molecule has 0 heterocycles. The van der Waals surface area contributed by atoms with Gasteiger partial charge in [0.1, 0.15) is 0 Å². The van der Waals surface area contributed by atoms with Gasteiger partial charge in [-0.2, -0.15) is 0 Å². The molecule has 0 aliphatic carbocycles. The Labute approximate surface area is 144 Å². The number of carbonyl (C=O) groups excluding carboxylic acids is 2. The highest BCUT2D eigenvalue weighted by Crippen LogP contribution is 2.21. The van der Waals surface area contributed by atoms with Crippen molar-refractivity contribution in [3.63, 3.8) is 0 Å². The average molecular weight is 335 g/mol. The summed E-state index contributed by atoms with van der Waals surface area (Å²) in [6.07, 6.45) is 1.54. The summed E-state index contributed by atoms with van der Waals surface area (Å²) in [6.45, 7) is 9.19. The van der Waals surface area contributed by atoms with E-state index in [1.807, 2.05) is 40.7 Å². The van der Waals surface area contributed by atoms with Gasteiger partial charge in [-0.05, 0) is 38.0 Å². The number of rotatable bonds is 7. The Bertz CT molecular complexity index is 587. The lowest BCUT2D eigenvalue weighted by Crippen LogP contribution is -2.50. The molecule has 0 saturated carbocycles. The number of anilines is 2. The van der Waals surface area contributed by atoms with E-state index < -0.39 is 5.54 Å². The van der Waals surface area contributed by atoms with Gasteiger partial charge < -0.3 is 21.1 Å². The number of benzene rings is 1. The van der Waals surface area contributed by atoms with Crippen molar-refractivity contribution >= 4 is 23.3 Å². The van der Waals surface area contributed by atoms with Crippen molar-refractivity contribution in [1.29, 1.82) is 0 Å². The first-order valence-electron chi connectivity index (χ1n) is 8.32. The number of hydrogen-bond acceptors (Lipinski definition) is 3. The molecular formula is C18H29N3O3.